The van der Waals surface area contributed by atoms with Crippen molar-refractivity contribution in [1.82, 2.24) is 15.0 Å². The van der Waals surface area contributed by atoms with E-state index >= 15 is 0 Å². The van der Waals surface area contributed by atoms with Gasteiger partial charge >= 0.3 is 0 Å². The first-order valence-corrected chi connectivity index (χ1v) is 20.4. The van der Waals surface area contributed by atoms with Gasteiger partial charge in [0.15, 0.2) is 17.5 Å². The molecule has 0 radical (unpaired) electrons. The van der Waals surface area contributed by atoms with Crippen LogP contribution in [0.1, 0.15) is 0 Å². The smallest absolute Gasteiger partial charge is 0.164 e. The van der Waals surface area contributed by atoms with Crippen molar-refractivity contribution in [2.75, 3.05) is 0 Å². The SMILES string of the molecule is c1ccc(-c2ccc(-c3nc(-c4ccccc4)nc(-c4ccc(-c5ccc(-c6c7ccccc7c(-c7ccccc7)c7ccc8ccccc8c67)cc5)cc4)n3)cc2)cc1. The fourth-order valence-corrected chi connectivity index (χ4v) is 8.60. The molecule has 1 heterocycles. The summed E-state index contributed by atoms with van der Waals surface area (Å²) in [5.74, 6) is 1.92. The molecule has 280 valence electrons. The molecule has 0 saturated heterocycles. The van der Waals surface area contributed by atoms with E-state index in [9.17, 15) is 0 Å². The van der Waals surface area contributed by atoms with E-state index in [4.69, 9.17) is 15.0 Å². The molecule has 0 fully saturated rings. The highest BCUT2D eigenvalue weighted by Crippen LogP contribution is 2.46. The van der Waals surface area contributed by atoms with Gasteiger partial charge in [-0.05, 0) is 76.8 Å². The molecule has 0 unspecified atom stereocenters. The first kappa shape index (κ1) is 35.2. The summed E-state index contributed by atoms with van der Waals surface area (Å²) in [7, 11) is 0. The lowest BCUT2D eigenvalue weighted by Gasteiger charge is -2.19. The van der Waals surface area contributed by atoms with Gasteiger partial charge in [0, 0.05) is 16.7 Å². The van der Waals surface area contributed by atoms with Crippen LogP contribution in [0.4, 0.5) is 0 Å². The summed E-state index contributed by atoms with van der Waals surface area (Å²) in [5.41, 5.74) is 12.4. The summed E-state index contributed by atoms with van der Waals surface area (Å²) in [6, 6.07) is 79.6. The Bertz CT molecular complexity index is 3310. The van der Waals surface area contributed by atoms with Crippen molar-refractivity contribution < 1.29 is 0 Å². The van der Waals surface area contributed by atoms with E-state index in [1.165, 1.54) is 60.1 Å². The first-order chi connectivity index (χ1) is 29.7. The van der Waals surface area contributed by atoms with Gasteiger partial charge in [0.1, 0.15) is 0 Å². The summed E-state index contributed by atoms with van der Waals surface area (Å²) >= 11 is 0. The standard InChI is InChI=1S/C57H37N3/c1-4-14-38(15-5-1)39-26-32-46(33-27-39)56-58-55(45-19-8-3-9-20-45)59-57(60-56)47-34-28-41(29-35-47)40-24-30-44(31-25-40)53-50-23-13-12-22-49(50)52(43-17-6-2-7-18-43)51-37-36-42-16-10-11-21-48(42)54(51)53/h1-37H. The Balaban J connectivity index is 0.975. The highest BCUT2D eigenvalue weighted by Gasteiger charge is 2.19. The number of benzene rings is 10. The topological polar surface area (TPSA) is 38.7 Å². The van der Waals surface area contributed by atoms with Crippen molar-refractivity contribution in [1.29, 1.82) is 0 Å². The second-order valence-electron chi connectivity index (χ2n) is 15.1. The van der Waals surface area contributed by atoms with Gasteiger partial charge in [0.05, 0.1) is 0 Å². The lowest BCUT2D eigenvalue weighted by atomic mass is 9.84. The molecule has 0 atom stereocenters. The van der Waals surface area contributed by atoms with Crippen LogP contribution in [0.15, 0.2) is 224 Å². The van der Waals surface area contributed by atoms with Gasteiger partial charge in [-0.25, -0.2) is 15.0 Å². The number of hydrogen-bond donors (Lipinski definition) is 0. The van der Waals surface area contributed by atoms with Gasteiger partial charge in [0.2, 0.25) is 0 Å². The van der Waals surface area contributed by atoms with Gasteiger partial charge in [-0.3, -0.25) is 0 Å². The summed E-state index contributed by atoms with van der Waals surface area (Å²) < 4.78 is 0. The molecule has 1 aromatic heterocycles. The van der Waals surface area contributed by atoms with Crippen molar-refractivity contribution in [2.24, 2.45) is 0 Å². The number of fused-ring (bicyclic) bond motifs is 4. The van der Waals surface area contributed by atoms with Crippen LogP contribution in [-0.2, 0) is 0 Å². The quantitative estimate of drug-likeness (QED) is 0.120. The molecule has 0 spiro atoms. The Hall–Kier alpha value is -8.01. The molecular weight excluding hydrogens is 727 g/mol. The Morgan fingerprint density at radius 3 is 1.05 bits per heavy atom. The zero-order valence-electron chi connectivity index (χ0n) is 32.7. The summed E-state index contributed by atoms with van der Waals surface area (Å²) in [6.45, 7) is 0. The molecule has 0 N–H and O–H groups in total. The van der Waals surface area contributed by atoms with Crippen molar-refractivity contribution in [3.05, 3.63) is 224 Å². The maximum atomic E-state index is 5.02. The van der Waals surface area contributed by atoms with Crippen LogP contribution < -0.4 is 0 Å². The Labute approximate surface area is 349 Å². The van der Waals surface area contributed by atoms with Crippen LogP contribution in [0, 0.1) is 0 Å². The molecule has 11 rings (SSSR count). The zero-order chi connectivity index (χ0) is 39.8. The van der Waals surface area contributed by atoms with Crippen LogP contribution in [0.25, 0.3) is 111 Å². The van der Waals surface area contributed by atoms with Crippen molar-refractivity contribution in [3.8, 4) is 78.7 Å². The highest BCUT2D eigenvalue weighted by molar-refractivity contribution is 6.27. The molecule has 10 aromatic carbocycles. The van der Waals surface area contributed by atoms with Crippen molar-refractivity contribution >= 4 is 32.3 Å². The molecule has 0 aliphatic carbocycles. The van der Waals surface area contributed by atoms with Crippen LogP contribution in [0.2, 0.25) is 0 Å². The highest BCUT2D eigenvalue weighted by atomic mass is 15.0. The predicted molar refractivity (Wildman–Crippen MR) is 250 cm³/mol. The van der Waals surface area contributed by atoms with E-state index in [0.717, 1.165) is 33.4 Å². The molecule has 3 heteroatoms. The first-order valence-electron chi connectivity index (χ1n) is 20.4. The Morgan fingerprint density at radius 2 is 0.533 bits per heavy atom. The molecule has 11 aromatic rings. The predicted octanol–water partition coefficient (Wildman–Crippen LogP) is 15.0. The molecule has 3 nitrogen and oxygen atoms in total. The monoisotopic (exact) mass is 763 g/mol. The molecule has 0 bridgehead atoms. The lowest BCUT2D eigenvalue weighted by molar-refractivity contribution is 1.07. The second kappa shape index (κ2) is 15.1. The van der Waals surface area contributed by atoms with Gasteiger partial charge in [-0.2, -0.15) is 0 Å². The maximum Gasteiger partial charge on any atom is 0.164 e. The second-order valence-corrected chi connectivity index (χ2v) is 15.1. The van der Waals surface area contributed by atoms with Gasteiger partial charge in [-0.15, -0.1) is 0 Å². The van der Waals surface area contributed by atoms with E-state index in [2.05, 4.69) is 188 Å². The third-order valence-electron chi connectivity index (χ3n) is 11.5. The van der Waals surface area contributed by atoms with Gasteiger partial charge < -0.3 is 0 Å². The van der Waals surface area contributed by atoms with Crippen LogP contribution in [-0.4, -0.2) is 15.0 Å². The minimum absolute atomic E-state index is 0.637. The fourth-order valence-electron chi connectivity index (χ4n) is 8.60. The van der Waals surface area contributed by atoms with Crippen LogP contribution >= 0.6 is 0 Å². The van der Waals surface area contributed by atoms with E-state index in [1.807, 2.05) is 36.4 Å². The van der Waals surface area contributed by atoms with Crippen LogP contribution in [0.5, 0.6) is 0 Å². The van der Waals surface area contributed by atoms with Crippen molar-refractivity contribution in [3.63, 3.8) is 0 Å². The average molecular weight is 764 g/mol. The third-order valence-corrected chi connectivity index (χ3v) is 11.5. The number of nitrogens with zero attached hydrogens (tertiary/aromatic N) is 3. The normalized spacial score (nSPS) is 11.3. The van der Waals surface area contributed by atoms with E-state index in [1.54, 1.807) is 0 Å². The Morgan fingerprint density at radius 1 is 0.200 bits per heavy atom. The van der Waals surface area contributed by atoms with Crippen LogP contribution in [0.3, 0.4) is 0 Å². The van der Waals surface area contributed by atoms with Gasteiger partial charge in [-0.1, -0.05) is 224 Å². The van der Waals surface area contributed by atoms with Gasteiger partial charge in [0.25, 0.3) is 0 Å². The number of aromatic nitrogens is 3. The van der Waals surface area contributed by atoms with E-state index < -0.39 is 0 Å². The molecule has 60 heavy (non-hydrogen) atoms. The minimum atomic E-state index is 0.637. The molecule has 0 aliphatic heterocycles. The summed E-state index contributed by atoms with van der Waals surface area (Å²) in [5, 5.41) is 7.53. The maximum absolute atomic E-state index is 5.02. The number of rotatable bonds is 7. The zero-order valence-corrected chi connectivity index (χ0v) is 32.7. The lowest BCUT2D eigenvalue weighted by Crippen LogP contribution is -2.00. The Kier molecular flexibility index (Phi) is 8.83. The number of hydrogen-bond acceptors (Lipinski definition) is 3. The summed E-state index contributed by atoms with van der Waals surface area (Å²) in [6.07, 6.45) is 0. The third kappa shape index (κ3) is 6.39. The largest absolute Gasteiger partial charge is 0.208 e. The van der Waals surface area contributed by atoms with Crippen molar-refractivity contribution in [2.45, 2.75) is 0 Å². The summed E-state index contributed by atoms with van der Waals surface area (Å²) in [4.78, 5) is 15.0. The molecule has 0 aliphatic rings. The molecule has 0 saturated carbocycles. The average Bonchev–Trinajstić information content (AvgIpc) is 3.34. The molecular formula is C57H37N3. The van der Waals surface area contributed by atoms with E-state index in [-0.39, 0.29) is 0 Å². The van der Waals surface area contributed by atoms with E-state index in [0.29, 0.717) is 17.5 Å². The minimum Gasteiger partial charge on any atom is -0.208 e. The fraction of sp³-hybridized carbons (Fsp3) is 0. The molecule has 0 amide bonds.